The Morgan fingerprint density at radius 1 is 1.07 bits per heavy atom. The fraction of sp³-hybridized carbons (Fsp3) is 0.136. The summed E-state index contributed by atoms with van der Waals surface area (Å²) in [7, 11) is 0. The van der Waals surface area contributed by atoms with Crippen LogP contribution in [0.25, 0.3) is 23.0 Å². The zero-order valence-corrected chi connectivity index (χ0v) is 17.5. The number of hydrogen-bond acceptors (Lipinski definition) is 4. The molecule has 1 aromatic heterocycles. The molecule has 1 saturated heterocycles. The van der Waals surface area contributed by atoms with Crippen LogP contribution in [0, 0.1) is 6.92 Å². The topological polar surface area (TPSA) is 55.2 Å². The molecular formula is C22H18ClN3O2S. The summed E-state index contributed by atoms with van der Waals surface area (Å²) in [6.45, 7) is 4.17. The third-order valence-electron chi connectivity index (χ3n) is 4.64. The summed E-state index contributed by atoms with van der Waals surface area (Å²) < 4.78 is 1.75. The normalized spacial score (nSPS) is 15.6. The Labute approximate surface area is 178 Å². The molecule has 0 N–H and O–H groups in total. The predicted octanol–water partition coefficient (Wildman–Crippen LogP) is 5.56. The van der Waals surface area contributed by atoms with E-state index in [1.54, 1.807) is 29.8 Å². The SMILES string of the molecule is CCN1C(=O)S/C(=C\c2cn(-c3ccc(Cl)cc3)nc2-c2ccc(C)cc2)C1=O. The van der Waals surface area contributed by atoms with Crippen molar-refractivity contribution in [1.82, 2.24) is 14.7 Å². The molecule has 0 saturated carbocycles. The van der Waals surface area contributed by atoms with E-state index in [2.05, 4.69) is 0 Å². The number of nitrogens with zero attached hydrogens (tertiary/aromatic N) is 3. The van der Waals surface area contributed by atoms with E-state index >= 15 is 0 Å². The Balaban J connectivity index is 1.82. The Morgan fingerprint density at radius 2 is 1.76 bits per heavy atom. The van der Waals surface area contributed by atoms with Crippen molar-refractivity contribution in [3.05, 3.63) is 75.8 Å². The molecule has 0 spiro atoms. The van der Waals surface area contributed by atoms with Gasteiger partial charge in [0.1, 0.15) is 0 Å². The molecular weight excluding hydrogens is 406 g/mol. The molecule has 4 rings (SSSR count). The van der Waals surface area contributed by atoms with Crippen molar-refractivity contribution >= 4 is 40.6 Å². The minimum atomic E-state index is -0.267. The Kier molecular flexibility index (Phi) is 5.30. The summed E-state index contributed by atoms with van der Waals surface area (Å²) >= 11 is 6.96. The van der Waals surface area contributed by atoms with Crippen LogP contribution in [0.5, 0.6) is 0 Å². The lowest BCUT2D eigenvalue weighted by molar-refractivity contribution is -0.122. The average Bonchev–Trinajstić information content (AvgIpc) is 3.24. The number of imide groups is 1. The van der Waals surface area contributed by atoms with Crippen molar-refractivity contribution < 1.29 is 9.59 Å². The van der Waals surface area contributed by atoms with Gasteiger partial charge >= 0.3 is 0 Å². The second-order valence-electron chi connectivity index (χ2n) is 6.65. The number of aryl methyl sites for hydroxylation is 1. The number of carbonyl (C=O) groups excluding carboxylic acids is 2. The number of halogens is 1. The van der Waals surface area contributed by atoms with Crippen molar-refractivity contribution in [1.29, 1.82) is 0 Å². The van der Waals surface area contributed by atoms with Gasteiger partial charge < -0.3 is 0 Å². The van der Waals surface area contributed by atoms with Crippen molar-refractivity contribution in [2.75, 3.05) is 6.54 Å². The van der Waals surface area contributed by atoms with Gasteiger partial charge in [-0.05, 0) is 56.0 Å². The zero-order chi connectivity index (χ0) is 20.5. The van der Waals surface area contributed by atoms with E-state index in [1.807, 2.05) is 49.5 Å². The fourth-order valence-corrected chi connectivity index (χ4v) is 4.09. The second-order valence-corrected chi connectivity index (χ2v) is 8.08. The first kappa shape index (κ1) is 19.5. The van der Waals surface area contributed by atoms with Crippen LogP contribution in [0.3, 0.4) is 0 Å². The number of benzene rings is 2. The summed E-state index contributed by atoms with van der Waals surface area (Å²) in [6.07, 6.45) is 3.60. The maximum absolute atomic E-state index is 12.5. The van der Waals surface area contributed by atoms with Gasteiger partial charge in [-0.15, -0.1) is 0 Å². The molecule has 7 heteroatoms. The summed E-state index contributed by atoms with van der Waals surface area (Å²) in [5.41, 5.74) is 4.44. The molecule has 2 aromatic carbocycles. The number of carbonyl (C=O) groups is 2. The molecule has 1 fully saturated rings. The van der Waals surface area contributed by atoms with Crippen molar-refractivity contribution in [3.63, 3.8) is 0 Å². The lowest BCUT2D eigenvalue weighted by Crippen LogP contribution is -2.27. The molecule has 0 radical (unpaired) electrons. The minimum absolute atomic E-state index is 0.245. The molecule has 146 valence electrons. The lowest BCUT2D eigenvalue weighted by Gasteiger charge is -2.06. The van der Waals surface area contributed by atoms with Crippen LogP contribution in [0.4, 0.5) is 4.79 Å². The average molecular weight is 424 g/mol. The van der Waals surface area contributed by atoms with Gasteiger partial charge in [0.25, 0.3) is 11.1 Å². The van der Waals surface area contributed by atoms with Gasteiger partial charge in [0.2, 0.25) is 0 Å². The molecule has 1 aliphatic rings. The van der Waals surface area contributed by atoms with E-state index in [4.69, 9.17) is 16.7 Å². The highest BCUT2D eigenvalue weighted by Gasteiger charge is 2.34. The minimum Gasteiger partial charge on any atom is -0.269 e. The maximum atomic E-state index is 12.5. The summed E-state index contributed by atoms with van der Waals surface area (Å²) in [4.78, 5) is 26.2. The van der Waals surface area contributed by atoms with Crippen LogP contribution in [-0.2, 0) is 4.79 Å². The van der Waals surface area contributed by atoms with Gasteiger partial charge in [-0.2, -0.15) is 5.10 Å². The van der Waals surface area contributed by atoms with Crippen LogP contribution in [0.15, 0.2) is 59.6 Å². The van der Waals surface area contributed by atoms with E-state index in [-0.39, 0.29) is 11.1 Å². The van der Waals surface area contributed by atoms with Gasteiger partial charge in [-0.3, -0.25) is 14.5 Å². The highest BCUT2D eigenvalue weighted by molar-refractivity contribution is 8.18. The van der Waals surface area contributed by atoms with Gasteiger partial charge in [0, 0.05) is 28.9 Å². The number of thioether (sulfide) groups is 1. The monoisotopic (exact) mass is 423 g/mol. The van der Waals surface area contributed by atoms with E-state index < -0.39 is 0 Å². The van der Waals surface area contributed by atoms with Gasteiger partial charge in [0.05, 0.1) is 16.3 Å². The van der Waals surface area contributed by atoms with Gasteiger partial charge in [-0.25, -0.2) is 4.68 Å². The number of amides is 2. The number of hydrogen-bond donors (Lipinski definition) is 0. The standard InChI is InChI=1S/C22H18ClN3O2S/c1-3-25-21(27)19(29-22(25)28)12-16-13-26(18-10-8-17(23)9-11-18)24-20(16)15-6-4-14(2)5-7-15/h4-13H,3H2,1-2H3/b19-12-. The highest BCUT2D eigenvalue weighted by atomic mass is 35.5. The van der Waals surface area contributed by atoms with Crippen LogP contribution in [0.1, 0.15) is 18.1 Å². The molecule has 0 atom stereocenters. The summed E-state index contributed by atoms with van der Waals surface area (Å²) in [5, 5.41) is 5.15. The molecule has 2 heterocycles. The second kappa shape index (κ2) is 7.89. The first-order chi connectivity index (χ1) is 14.0. The van der Waals surface area contributed by atoms with Crippen molar-refractivity contribution in [3.8, 4) is 16.9 Å². The number of rotatable bonds is 4. The van der Waals surface area contributed by atoms with E-state index in [0.29, 0.717) is 16.5 Å². The molecule has 0 aliphatic carbocycles. The molecule has 1 aliphatic heterocycles. The highest BCUT2D eigenvalue weighted by Crippen LogP contribution is 2.34. The molecule has 0 unspecified atom stereocenters. The van der Waals surface area contributed by atoms with Gasteiger partial charge in [0.15, 0.2) is 0 Å². The summed E-state index contributed by atoms with van der Waals surface area (Å²) in [6, 6.07) is 15.4. The third-order valence-corrected chi connectivity index (χ3v) is 5.79. The first-order valence-corrected chi connectivity index (χ1v) is 10.3. The fourth-order valence-electron chi connectivity index (χ4n) is 3.07. The van der Waals surface area contributed by atoms with E-state index in [9.17, 15) is 9.59 Å². The van der Waals surface area contributed by atoms with Crippen LogP contribution in [-0.4, -0.2) is 32.4 Å². The predicted molar refractivity (Wildman–Crippen MR) is 117 cm³/mol. The molecule has 5 nitrogen and oxygen atoms in total. The quantitative estimate of drug-likeness (QED) is 0.515. The Morgan fingerprint density at radius 3 is 2.38 bits per heavy atom. The molecule has 29 heavy (non-hydrogen) atoms. The third kappa shape index (κ3) is 3.86. The lowest BCUT2D eigenvalue weighted by atomic mass is 10.1. The molecule has 2 amide bonds. The Bertz CT molecular complexity index is 1120. The molecule has 0 bridgehead atoms. The summed E-state index contributed by atoms with van der Waals surface area (Å²) in [5.74, 6) is -0.267. The van der Waals surface area contributed by atoms with Crippen molar-refractivity contribution in [2.24, 2.45) is 0 Å². The van der Waals surface area contributed by atoms with E-state index in [1.165, 1.54) is 4.90 Å². The Hall–Kier alpha value is -2.83. The largest absolute Gasteiger partial charge is 0.293 e. The van der Waals surface area contributed by atoms with Crippen LogP contribution < -0.4 is 0 Å². The first-order valence-electron chi connectivity index (χ1n) is 9.14. The van der Waals surface area contributed by atoms with Crippen LogP contribution in [0.2, 0.25) is 5.02 Å². The van der Waals surface area contributed by atoms with Crippen molar-refractivity contribution in [2.45, 2.75) is 13.8 Å². The smallest absolute Gasteiger partial charge is 0.269 e. The zero-order valence-electron chi connectivity index (χ0n) is 15.9. The van der Waals surface area contributed by atoms with Crippen LogP contribution >= 0.6 is 23.4 Å². The van der Waals surface area contributed by atoms with Gasteiger partial charge in [-0.1, -0.05) is 41.4 Å². The van der Waals surface area contributed by atoms with E-state index in [0.717, 1.165) is 39.8 Å². The number of likely N-dealkylation sites (N-methyl/N-ethyl adjacent to an activating group) is 1. The maximum Gasteiger partial charge on any atom is 0.293 e. The number of aromatic nitrogens is 2. The molecule has 3 aromatic rings.